The van der Waals surface area contributed by atoms with Gasteiger partial charge in [-0.05, 0) is 79.6 Å². The molecule has 2 aromatic rings. The van der Waals surface area contributed by atoms with Crippen LogP contribution >= 0.6 is 0 Å². The Labute approximate surface area is 526 Å². The third-order valence-electron chi connectivity index (χ3n) is 18.6. The number of unbranched alkanes of at least 4 members (excludes halogenated alkanes) is 8. The lowest BCUT2D eigenvalue weighted by atomic mass is 9.77. The molecule has 0 saturated carbocycles. The van der Waals surface area contributed by atoms with E-state index in [0.717, 1.165) is 78.5 Å². The highest BCUT2D eigenvalue weighted by Crippen LogP contribution is 2.20. The van der Waals surface area contributed by atoms with Crippen molar-refractivity contribution < 1.29 is 34.9 Å². The van der Waals surface area contributed by atoms with Gasteiger partial charge in [-0.3, -0.25) is 19.6 Å². The van der Waals surface area contributed by atoms with Crippen LogP contribution in [0.1, 0.15) is 169 Å². The predicted octanol–water partition coefficient (Wildman–Crippen LogP) is 12.5. The zero-order valence-electron chi connectivity index (χ0n) is 57.6. The molecule has 0 aromatic heterocycles. The van der Waals surface area contributed by atoms with Gasteiger partial charge in [0.15, 0.2) is 0 Å². The summed E-state index contributed by atoms with van der Waals surface area (Å²) in [5.74, 6) is 0. The molecular formula is C68H132B2F6N10. The van der Waals surface area contributed by atoms with Crippen molar-refractivity contribution in [3.05, 3.63) is 59.7 Å². The third-order valence-corrected chi connectivity index (χ3v) is 18.6. The molecule has 0 aliphatic carbocycles. The lowest BCUT2D eigenvalue weighted by Gasteiger charge is -2.39. The number of benzene rings is 2. The number of halogens is 6. The van der Waals surface area contributed by atoms with Crippen LogP contribution in [0.4, 0.5) is 25.9 Å². The van der Waals surface area contributed by atoms with E-state index < -0.39 is 24.9 Å². The van der Waals surface area contributed by atoms with Gasteiger partial charge in [-0.2, -0.15) is 0 Å². The molecule has 0 radical (unpaired) electrons. The molecule has 18 heteroatoms. The van der Waals surface area contributed by atoms with Gasteiger partial charge in [0.05, 0.1) is 52.4 Å². The van der Waals surface area contributed by atoms with Crippen LogP contribution in [0.15, 0.2) is 48.5 Å². The van der Waals surface area contributed by atoms with Gasteiger partial charge in [0.1, 0.15) is 0 Å². The second-order valence-electron chi connectivity index (χ2n) is 26.3. The minimum Gasteiger partial charge on any atom is -0.445 e. The molecule has 3 saturated heterocycles. The normalized spacial score (nSPS) is 19.4. The van der Waals surface area contributed by atoms with E-state index in [0.29, 0.717) is 50.4 Å². The first kappa shape index (κ1) is 79.8. The highest BCUT2D eigenvalue weighted by Gasteiger charge is 2.31. The van der Waals surface area contributed by atoms with E-state index >= 15 is 0 Å². The van der Waals surface area contributed by atoms with Gasteiger partial charge >= 0.3 is 14.0 Å². The summed E-state index contributed by atoms with van der Waals surface area (Å²) in [5, 5.41) is 0. The number of nitrogens with zero attached hydrogens (tertiary/aromatic N) is 10. The molecule has 3 fully saturated rings. The highest BCUT2D eigenvalue weighted by molar-refractivity contribution is 6.74. The topological polar surface area (TPSA) is 25.9 Å². The van der Waals surface area contributed by atoms with Crippen LogP contribution in [-0.4, -0.2) is 260 Å². The lowest BCUT2D eigenvalue weighted by molar-refractivity contribution is -0.929. The van der Waals surface area contributed by atoms with E-state index in [1.165, 1.54) is 188 Å². The Hall–Kier alpha value is -2.25. The molecule has 0 N–H and O–H groups in total. The second-order valence-corrected chi connectivity index (χ2v) is 26.3. The summed E-state index contributed by atoms with van der Waals surface area (Å²) < 4.78 is 87.1. The average molecular weight is 1230 g/mol. The number of likely N-dealkylation sites (N-methyl/N-ethyl adjacent to an activating group) is 4. The van der Waals surface area contributed by atoms with Crippen molar-refractivity contribution in [3.8, 4) is 0 Å². The fourth-order valence-corrected chi connectivity index (χ4v) is 12.2. The van der Waals surface area contributed by atoms with Crippen LogP contribution in [0.2, 0.25) is 0 Å². The Bertz CT molecular complexity index is 1740. The molecule has 3 heterocycles. The van der Waals surface area contributed by atoms with Crippen LogP contribution in [0.25, 0.3) is 0 Å². The number of hydrogen-bond donors (Lipinski definition) is 0. The molecule has 0 amide bonds. The zero-order chi connectivity index (χ0) is 63.7. The van der Waals surface area contributed by atoms with E-state index in [1.807, 2.05) is 0 Å². The monoisotopic (exact) mass is 1230 g/mol. The maximum absolute atomic E-state index is 14.0. The van der Waals surface area contributed by atoms with Gasteiger partial charge in [0, 0.05) is 131 Å². The molecule has 3 aliphatic heterocycles. The third kappa shape index (κ3) is 34.3. The Morgan fingerprint density at radius 1 is 0.302 bits per heavy atom. The number of hydrogen-bond acceptors (Lipinski definition) is 8. The standard InChI is InChI=1S/C36H60B2F6N8.2C16H36N/c1-45-13-14-46(2)16-22-50-24-18-48(4)20-25-51(31-33-9-5-7-11-35(33)37(39,40)41)29-27-49(21-15-45)23-17-47(3)19-26-52(30-28-50)32-34-10-6-8-12-36(34)38(42,43)44;2*1-5-9-13-17(14-10-6-2,15-11-7-3)16-12-8-4/h5-12H,13-32H2,1-4H3;2*5-16H2,1-4H3/q-2;2*+1. The van der Waals surface area contributed by atoms with Crippen LogP contribution in [0.5, 0.6) is 0 Å². The maximum Gasteiger partial charge on any atom is 0.509 e. The van der Waals surface area contributed by atoms with E-state index in [4.69, 9.17) is 0 Å². The van der Waals surface area contributed by atoms with Crippen molar-refractivity contribution in [1.82, 2.24) is 39.2 Å². The van der Waals surface area contributed by atoms with Gasteiger partial charge in [-0.15, -0.1) is 10.9 Å². The van der Waals surface area contributed by atoms with E-state index in [1.54, 1.807) is 24.3 Å². The number of rotatable bonds is 30. The Morgan fingerprint density at radius 3 is 0.733 bits per heavy atom. The van der Waals surface area contributed by atoms with Crippen molar-refractivity contribution in [3.63, 3.8) is 0 Å². The molecule has 2 bridgehead atoms. The molecule has 86 heavy (non-hydrogen) atoms. The van der Waals surface area contributed by atoms with E-state index in [9.17, 15) is 25.9 Å². The van der Waals surface area contributed by atoms with Crippen molar-refractivity contribution in [1.29, 1.82) is 0 Å². The molecule has 502 valence electrons. The van der Waals surface area contributed by atoms with Crippen LogP contribution in [0.3, 0.4) is 0 Å². The SMILES string of the molecule is CCCC[N+](CCCC)(CCCC)CCCC.CCCC[N+](CCCC)(CCCC)CCCC.CN1CCN(C)CCN2CCN(C)CCN(Cc3ccccc3[B-](F)(F)F)CCN(CC1)CCN(C)CCN(Cc1ccccc1[B-](F)(F)F)CC2. The van der Waals surface area contributed by atoms with Crippen molar-refractivity contribution in [2.45, 2.75) is 171 Å². The fraction of sp³-hybridized carbons (Fsp3) is 0.824. The van der Waals surface area contributed by atoms with E-state index in [2.05, 4.69) is 123 Å². The summed E-state index contributed by atoms with van der Waals surface area (Å²) in [4.78, 5) is 18.4. The van der Waals surface area contributed by atoms with Crippen LogP contribution in [-0.2, 0) is 13.1 Å². The van der Waals surface area contributed by atoms with Crippen molar-refractivity contribution in [2.75, 3.05) is 198 Å². The van der Waals surface area contributed by atoms with Gasteiger partial charge in [0.25, 0.3) is 0 Å². The quantitative estimate of drug-likeness (QED) is 0.0434. The fourth-order valence-electron chi connectivity index (χ4n) is 12.2. The summed E-state index contributed by atoms with van der Waals surface area (Å²) in [6.07, 6.45) is 22.1. The molecule has 0 spiro atoms. The smallest absolute Gasteiger partial charge is 0.445 e. The van der Waals surface area contributed by atoms with Crippen LogP contribution < -0.4 is 10.9 Å². The minimum absolute atomic E-state index is 0.242. The predicted molar refractivity (Wildman–Crippen MR) is 362 cm³/mol. The van der Waals surface area contributed by atoms with Gasteiger partial charge in [-0.1, -0.05) is 166 Å². The van der Waals surface area contributed by atoms with Crippen LogP contribution in [0, 0.1) is 0 Å². The Balaban J connectivity index is 0.000000604. The van der Waals surface area contributed by atoms with Gasteiger partial charge in [-0.25, -0.2) is 0 Å². The first-order chi connectivity index (χ1) is 41.2. The largest absolute Gasteiger partial charge is 0.509 e. The van der Waals surface area contributed by atoms with Crippen molar-refractivity contribution in [2.24, 2.45) is 0 Å². The molecule has 2 atom stereocenters. The molecule has 5 rings (SSSR count). The zero-order valence-corrected chi connectivity index (χ0v) is 57.6. The first-order valence-electron chi connectivity index (χ1n) is 35.0. The Kier molecular flexibility index (Phi) is 42.6. The molecule has 2 aromatic carbocycles. The lowest BCUT2D eigenvalue weighted by Crippen LogP contribution is -2.50. The van der Waals surface area contributed by atoms with E-state index in [-0.39, 0.29) is 13.1 Å². The maximum atomic E-state index is 14.0. The molecular weight excluding hydrogens is 1090 g/mol. The summed E-state index contributed by atoms with van der Waals surface area (Å²) in [5.41, 5.74) is -0.372. The number of quaternary nitrogens is 2. The summed E-state index contributed by atoms with van der Waals surface area (Å²) >= 11 is 0. The Morgan fingerprint density at radius 2 is 0.500 bits per heavy atom. The summed E-state index contributed by atoms with van der Waals surface area (Å²) in [6, 6.07) is 12.0. The minimum atomic E-state index is -5.12. The van der Waals surface area contributed by atoms with Gasteiger partial charge in [0.2, 0.25) is 0 Å². The molecule has 10 nitrogen and oxygen atoms in total. The second kappa shape index (κ2) is 45.9. The average Bonchev–Trinajstić information content (AvgIpc) is 3.22. The summed E-state index contributed by atoms with van der Waals surface area (Å²) in [7, 11) is 8.41. The highest BCUT2D eigenvalue weighted by atomic mass is 19.4. The number of fused-ring (bicyclic) bond motifs is 21. The summed E-state index contributed by atoms with van der Waals surface area (Å²) in [6.45, 7) is 34.1. The first-order valence-corrected chi connectivity index (χ1v) is 35.0. The van der Waals surface area contributed by atoms with Gasteiger partial charge < -0.3 is 54.5 Å². The molecule has 2 unspecified atom stereocenters. The molecule has 3 aliphatic rings. The van der Waals surface area contributed by atoms with Crippen molar-refractivity contribution >= 4 is 24.9 Å².